The Morgan fingerprint density at radius 2 is 1.68 bits per heavy atom. The molecule has 1 saturated carbocycles. The third-order valence-corrected chi connectivity index (χ3v) is 7.88. The summed E-state index contributed by atoms with van der Waals surface area (Å²) in [6.45, 7) is 2.48. The van der Waals surface area contributed by atoms with Crippen molar-refractivity contribution < 1.29 is 14.4 Å². The summed E-state index contributed by atoms with van der Waals surface area (Å²) in [4.78, 5) is 47.5. The number of pyridine rings is 1. The number of amides is 3. The fourth-order valence-electron chi connectivity index (χ4n) is 5.59. The molecule has 0 bridgehead atoms. The van der Waals surface area contributed by atoms with Crippen molar-refractivity contribution in [3.8, 4) is 0 Å². The molecule has 2 heterocycles. The van der Waals surface area contributed by atoms with E-state index in [2.05, 4.69) is 20.5 Å². The second-order valence-corrected chi connectivity index (χ2v) is 10.9. The van der Waals surface area contributed by atoms with Crippen molar-refractivity contribution in [2.24, 2.45) is 5.73 Å². The molecule has 9 nitrogen and oxygen atoms in total. The highest BCUT2D eigenvalue weighted by molar-refractivity contribution is 6.00. The van der Waals surface area contributed by atoms with Gasteiger partial charge in [-0.3, -0.25) is 19.4 Å². The molecule has 1 aliphatic carbocycles. The molecule has 1 aromatic heterocycles. The molecule has 4 N–H and O–H groups in total. The lowest BCUT2D eigenvalue weighted by molar-refractivity contribution is -0.115. The van der Waals surface area contributed by atoms with Crippen LogP contribution < -0.4 is 21.3 Å². The fourth-order valence-corrected chi connectivity index (χ4v) is 5.59. The van der Waals surface area contributed by atoms with Gasteiger partial charge in [0.25, 0.3) is 11.8 Å². The Kier molecular flexibility index (Phi) is 9.26. The van der Waals surface area contributed by atoms with Gasteiger partial charge in [-0.25, -0.2) is 0 Å². The smallest absolute Gasteiger partial charge is 0.255 e. The number of benzene rings is 2. The quantitative estimate of drug-likeness (QED) is 0.410. The van der Waals surface area contributed by atoms with Crippen molar-refractivity contribution >= 4 is 29.1 Å². The van der Waals surface area contributed by atoms with Crippen LogP contribution in [-0.4, -0.2) is 65.9 Å². The van der Waals surface area contributed by atoms with Gasteiger partial charge in [0, 0.05) is 56.2 Å². The van der Waals surface area contributed by atoms with Gasteiger partial charge in [-0.05, 0) is 68.0 Å². The average Bonchev–Trinajstić information content (AvgIpc) is 3.25. The van der Waals surface area contributed by atoms with Gasteiger partial charge in [0.2, 0.25) is 5.91 Å². The fraction of sp³-hybridized carbons (Fsp3) is 0.375. The molecule has 1 aliphatic heterocycles. The van der Waals surface area contributed by atoms with Gasteiger partial charge < -0.3 is 26.2 Å². The van der Waals surface area contributed by atoms with Gasteiger partial charge in [0.05, 0.1) is 23.4 Å². The van der Waals surface area contributed by atoms with Crippen molar-refractivity contribution in [3.63, 3.8) is 0 Å². The zero-order valence-corrected chi connectivity index (χ0v) is 23.3. The summed E-state index contributed by atoms with van der Waals surface area (Å²) in [5.74, 6) is -0.341. The number of carbonyl (C=O) groups is 3. The van der Waals surface area contributed by atoms with E-state index in [1.165, 1.54) is 0 Å². The second kappa shape index (κ2) is 13.4. The predicted molar refractivity (Wildman–Crippen MR) is 160 cm³/mol. The van der Waals surface area contributed by atoms with Crippen molar-refractivity contribution in [1.29, 1.82) is 0 Å². The molecule has 0 spiro atoms. The first kappa shape index (κ1) is 28.3. The molecule has 41 heavy (non-hydrogen) atoms. The maximum Gasteiger partial charge on any atom is 0.255 e. The number of nitrogens with zero attached hydrogens (tertiary/aromatic N) is 3. The number of nitrogens with one attached hydrogen (secondary N) is 2. The van der Waals surface area contributed by atoms with E-state index in [0.717, 1.165) is 43.4 Å². The molecule has 9 heteroatoms. The Labute approximate surface area is 241 Å². The molecule has 5 rings (SSSR count). The maximum atomic E-state index is 13.2. The van der Waals surface area contributed by atoms with E-state index in [9.17, 15) is 14.4 Å². The van der Waals surface area contributed by atoms with E-state index in [1.54, 1.807) is 30.6 Å². The minimum absolute atomic E-state index is 0.0352. The maximum absolute atomic E-state index is 13.2. The zero-order chi connectivity index (χ0) is 28.6. The van der Waals surface area contributed by atoms with E-state index in [1.807, 2.05) is 47.4 Å². The Morgan fingerprint density at radius 1 is 0.878 bits per heavy atom. The first-order chi connectivity index (χ1) is 20.0. The van der Waals surface area contributed by atoms with Gasteiger partial charge >= 0.3 is 0 Å². The molecule has 0 radical (unpaired) electrons. The van der Waals surface area contributed by atoms with Crippen LogP contribution in [0.1, 0.15) is 58.4 Å². The van der Waals surface area contributed by atoms with E-state index in [4.69, 9.17) is 5.73 Å². The lowest BCUT2D eigenvalue weighted by Gasteiger charge is -2.28. The van der Waals surface area contributed by atoms with Crippen molar-refractivity contribution in [2.45, 2.75) is 50.6 Å². The Balaban J connectivity index is 1.33. The Morgan fingerprint density at radius 3 is 2.44 bits per heavy atom. The third-order valence-electron chi connectivity index (χ3n) is 7.88. The summed E-state index contributed by atoms with van der Waals surface area (Å²) in [5.41, 5.74) is 9.45. The van der Waals surface area contributed by atoms with Crippen LogP contribution in [0, 0.1) is 0 Å². The molecule has 2 aromatic carbocycles. The van der Waals surface area contributed by atoms with Gasteiger partial charge in [0.1, 0.15) is 0 Å². The molecule has 2 aliphatic rings. The molecule has 3 aromatic rings. The Bertz CT molecular complexity index is 1340. The number of hydrogen-bond acceptors (Lipinski definition) is 6. The van der Waals surface area contributed by atoms with Crippen molar-refractivity contribution in [3.05, 3.63) is 89.7 Å². The van der Waals surface area contributed by atoms with E-state index >= 15 is 0 Å². The van der Waals surface area contributed by atoms with Crippen LogP contribution in [0.4, 0.5) is 11.4 Å². The number of nitrogens with two attached hydrogens (primary N) is 1. The molecule has 214 valence electrons. The molecular formula is C32H38N6O3. The van der Waals surface area contributed by atoms with Crippen LogP contribution in [0.2, 0.25) is 0 Å². The van der Waals surface area contributed by atoms with Gasteiger partial charge in [-0.1, -0.05) is 30.3 Å². The normalized spacial score (nSPS) is 19.2. The van der Waals surface area contributed by atoms with Crippen LogP contribution in [0.5, 0.6) is 0 Å². The Hall–Kier alpha value is -4.24. The van der Waals surface area contributed by atoms with Crippen LogP contribution >= 0.6 is 0 Å². The summed E-state index contributed by atoms with van der Waals surface area (Å²) < 4.78 is 0. The summed E-state index contributed by atoms with van der Waals surface area (Å²) in [5, 5.41) is 6.22. The van der Waals surface area contributed by atoms with E-state index < -0.39 is 0 Å². The summed E-state index contributed by atoms with van der Waals surface area (Å²) in [6, 6.07) is 18.9. The average molecular weight is 555 g/mol. The molecule has 0 atom stereocenters. The summed E-state index contributed by atoms with van der Waals surface area (Å²) in [7, 11) is 0. The SMILES string of the molecule is NC1CCC(NC(=O)c2ccc(N3CCCN(C(=O)c4cccnc4)CC3)c(NC(=O)Cc3ccccc3)c2)CC1. The molecule has 2 fully saturated rings. The number of aromatic nitrogens is 1. The second-order valence-electron chi connectivity index (χ2n) is 10.9. The summed E-state index contributed by atoms with van der Waals surface area (Å²) >= 11 is 0. The number of carbonyl (C=O) groups excluding carboxylic acids is 3. The zero-order valence-electron chi connectivity index (χ0n) is 23.3. The highest BCUT2D eigenvalue weighted by atomic mass is 16.2. The number of hydrogen-bond donors (Lipinski definition) is 3. The van der Waals surface area contributed by atoms with Crippen LogP contribution in [0.15, 0.2) is 73.1 Å². The monoisotopic (exact) mass is 554 g/mol. The third kappa shape index (κ3) is 7.49. The standard InChI is InChI=1S/C32H38N6O3/c33-26-10-12-27(13-11-26)35-31(40)24-9-14-29(28(21-24)36-30(39)20-23-6-2-1-3-7-23)37-16-5-17-38(19-18-37)32(41)25-8-4-15-34-22-25/h1-4,6-9,14-15,21-22,26-27H,5,10-13,16-20,33H2,(H,35,40)(H,36,39). The predicted octanol–water partition coefficient (Wildman–Crippen LogP) is 3.62. The summed E-state index contributed by atoms with van der Waals surface area (Å²) in [6.07, 6.45) is 7.79. The molecular weight excluding hydrogens is 516 g/mol. The van der Waals surface area contributed by atoms with Gasteiger partial charge in [-0.2, -0.15) is 0 Å². The van der Waals surface area contributed by atoms with Gasteiger partial charge in [-0.15, -0.1) is 0 Å². The largest absolute Gasteiger partial charge is 0.368 e. The lowest BCUT2D eigenvalue weighted by Crippen LogP contribution is -2.40. The van der Waals surface area contributed by atoms with Crippen molar-refractivity contribution in [2.75, 3.05) is 36.4 Å². The van der Waals surface area contributed by atoms with Crippen LogP contribution in [0.3, 0.4) is 0 Å². The van der Waals surface area contributed by atoms with E-state index in [0.29, 0.717) is 43.0 Å². The lowest BCUT2D eigenvalue weighted by atomic mass is 9.91. The van der Waals surface area contributed by atoms with Crippen molar-refractivity contribution in [1.82, 2.24) is 15.2 Å². The highest BCUT2D eigenvalue weighted by Gasteiger charge is 2.24. The topological polar surface area (TPSA) is 121 Å². The van der Waals surface area contributed by atoms with E-state index in [-0.39, 0.29) is 36.2 Å². The molecule has 0 unspecified atom stereocenters. The first-order valence-corrected chi connectivity index (χ1v) is 14.4. The molecule has 1 saturated heterocycles. The highest BCUT2D eigenvalue weighted by Crippen LogP contribution is 2.29. The number of rotatable bonds is 7. The van der Waals surface area contributed by atoms with Crippen LogP contribution in [0.25, 0.3) is 0 Å². The minimum Gasteiger partial charge on any atom is -0.368 e. The van der Waals surface area contributed by atoms with Gasteiger partial charge in [0.15, 0.2) is 0 Å². The van der Waals surface area contributed by atoms with Crippen LogP contribution in [-0.2, 0) is 11.2 Å². The number of anilines is 2. The first-order valence-electron chi connectivity index (χ1n) is 14.4. The minimum atomic E-state index is -0.153. The molecule has 3 amide bonds.